The molecule has 3 aromatic rings. The number of hydrogen-bond acceptors (Lipinski definition) is 5. The van der Waals surface area contributed by atoms with Crippen molar-refractivity contribution >= 4 is 34.2 Å². The number of piperidine rings is 1. The summed E-state index contributed by atoms with van der Waals surface area (Å²) < 4.78 is 5.36. The molecule has 0 unspecified atom stereocenters. The lowest BCUT2D eigenvalue weighted by molar-refractivity contribution is -0.140. The van der Waals surface area contributed by atoms with E-state index in [9.17, 15) is 4.79 Å². The van der Waals surface area contributed by atoms with Crippen molar-refractivity contribution in [3.8, 4) is 11.4 Å². The number of halogens is 1. The summed E-state index contributed by atoms with van der Waals surface area (Å²) in [6.45, 7) is 4.43. The molecule has 5 rings (SSSR count). The third kappa shape index (κ3) is 3.75. The van der Waals surface area contributed by atoms with Crippen LogP contribution < -0.4 is 4.90 Å². The number of carbonyl (C=O) groups excluding carboxylic acids is 1. The number of aromatic nitrogens is 3. The number of hydrogen-bond donors (Lipinski definition) is 1. The van der Waals surface area contributed by atoms with Gasteiger partial charge in [-0.25, -0.2) is 4.98 Å². The van der Waals surface area contributed by atoms with Crippen LogP contribution in [-0.2, 0) is 9.53 Å². The first-order chi connectivity index (χ1) is 14.7. The molecule has 156 valence electrons. The van der Waals surface area contributed by atoms with Gasteiger partial charge in [0.05, 0.1) is 29.9 Å². The molecule has 30 heavy (non-hydrogen) atoms. The highest BCUT2D eigenvalue weighted by molar-refractivity contribution is 6.33. The minimum Gasteiger partial charge on any atom is -0.378 e. The lowest BCUT2D eigenvalue weighted by atomic mass is 9.94. The minimum absolute atomic E-state index is 0.106. The van der Waals surface area contributed by atoms with Crippen LogP contribution in [0.2, 0.25) is 5.02 Å². The summed E-state index contributed by atoms with van der Waals surface area (Å²) in [5.74, 6) is 1.13. The SMILES string of the molecule is O=C(C1CCN(c2ccc(Cl)c(-c3nc4cnccc4[nH]3)c2)CC1)N1CCOCC1. The van der Waals surface area contributed by atoms with Crippen LogP contribution in [0.15, 0.2) is 36.7 Å². The van der Waals surface area contributed by atoms with Gasteiger partial charge >= 0.3 is 0 Å². The van der Waals surface area contributed by atoms with Gasteiger partial charge in [0.2, 0.25) is 5.91 Å². The van der Waals surface area contributed by atoms with E-state index in [1.807, 2.05) is 23.1 Å². The van der Waals surface area contributed by atoms with E-state index in [0.29, 0.717) is 31.3 Å². The van der Waals surface area contributed by atoms with Gasteiger partial charge in [-0.2, -0.15) is 0 Å². The fourth-order valence-corrected chi connectivity index (χ4v) is 4.51. The van der Waals surface area contributed by atoms with Gasteiger partial charge in [-0.3, -0.25) is 9.78 Å². The minimum atomic E-state index is 0.106. The summed E-state index contributed by atoms with van der Waals surface area (Å²) in [6, 6.07) is 7.94. The Bertz CT molecular complexity index is 1020. The van der Waals surface area contributed by atoms with E-state index in [1.54, 1.807) is 12.4 Å². The van der Waals surface area contributed by atoms with Crippen molar-refractivity contribution in [1.29, 1.82) is 0 Å². The second-order valence-corrected chi connectivity index (χ2v) is 8.25. The summed E-state index contributed by atoms with van der Waals surface area (Å²) in [6.07, 6.45) is 5.21. The van der Waals surface area contributed by atoms with E-state index in [2.05, 4.69) is 25.9 Å². The Hall–Kier alpha value is -2.64. The van der Waals surface area contributed by atoms with Crippen molar-refractivity contribution < 1.29 is 9.53 Å². The summed E-state index contributed by atoms with van der Waals surface area (Å²) >= 11 is 6.49. The van der Waals surface area contributed by atoms with Crippen LogP contribution in [0, 0.1) is 5.92 Å². The van der Waals surface area contributed by atoms with Crippen LogP contribution in [0.3, 0.4) is 0 Å². The molecule has 2 aromatic heterocycles. The zero-order valence-corrected chi connectivity index (χ0v) is 17.4. The molecule has 2 fully saturated rings. The smallest absolute Gasteiger partial charge is 0.225 e. The molecule has 7 nitrogen and oxygen atoms in total. The highest BCUT2D eigenvalue weighted by Gasteiger charge is 2.29. The number of rotatable bonds is 3. The number of amides is 1. The number of morpholine rings is 1. The molecule has 1 amide bonds. The fraction of sp³-hybridized carbons (Fsp3) is 0.409. The van der Waals surface area contributed by atoms with E-state index in [1.165, 1.54) is 0 Å². The summed E-state index contributed by atoms with van der Waals surface area (Å²) in [4.78, 5) is 29.2. The van der Waals surface area contributed by atoms with Crippen molar-refractivity contribution in [3.63, 3.8) is 0 Å². The molecule has 0 radical (unpaired) electrons. The molecule has 0 spiro atoms. The maximum Gasteiger partial charge on any atom is 0.225 e. The van der Waals surface area contributed by atoms with Gasteiger partial charge in [0.1, 0.15) is 11.3 Å². The molecule has 1 aromatic carbocycles. The zero-order valence-electron chi connectivity index (χ0n) is 16.7. The number of ether oxygens (including phenoxy) is 1. The number of carbonyl (C=O) groups is 1. The molecule has 0 bridgehead atoms. The highest BCUT2D eigenvalue weighted by atomic mass is 35.5. The number of fused-ring (bicyclic) bond motifs is 1. The number of aromatic amines is 1. The van der Waals surface area contributed by atoms with Gasteiger partial charge in [0.25, 0.3) is 0 Å². The number of nitrogens with zero attached hydrogens (tertiary/aromatic N) is 4. The van der Waals surface area contributed by atoms with Crippen molar-refractivity contribution in [2.24, 2.45) is 5.92 Å². The zero-order chi connectivity index (χ0) is 20.5. The van der Waals surface area contributed by atoms with Crippen LogP contribution in [0.1, 0.15) is 12.8 Å². The first-order valence-corrected chi connectivity index (χ1v) is 10.8. The number of anilines is 1. The third-order valence-electron chi connectivity index (χ3n) is 6.02. The van der Waals surface area contributed by atoms with Gasteiger partial charge in [-0.1, -0.05) is 11.6 Å². The Labute approximate surface area is 180 Å². The van der Waals surface area contributed by atoms with Crippen LogP contribution >= 0.6 is 11.6 Å². The lowest BCUT2D eigenvalue weighted by Crippen LogP contribution is -2.46. The molecule has 1 N–H and O–H groups in total. The van der Waals surface area contributed by atoms with Crippen LogP contribution in [-0.4, -0.2) is 65.2 Å². The Morgan fingerprint density at radius 2 is 1.93 bits per heavy atom. The summed E-state index contributed by atoms with van der Waals surface area (Å²) in [5.41, 5.74) is 3.72. The molecular formula is C22H24ClN5O2. The van der Waals surface area contributed by atoms with Crippen LogP contribution in [0.5, 0.6) is 0 Å². The normalized spacial score (nSPS) is 18.2. The second kappa shape index (κ2) is 8.24. The lowest BCUT2D eigenvalue weighted by Gasteiger charge is -2.36. The molecule has 4 heterocycles. The van der Waals surface area contributed by atoms with Gasteiger partial charge < -0.3 is 19.5 Å². The first-order valence-electron chi connectivity index (χ1n) is 10.4. The average Bonchev–Trinajstić information content (AvgIpc) is 3.24. The Morgan fingerprint density at radius 3 is 2.70 bits per heavy atom. The van der Waals surface area contributed by atoms with E-state index < -0.39 is 0 Å². The molecule has 2 saturated heterocycles. The van der Waals surface area contributed by atoms with Gasteiger partial charge in [-0.05, 0) is 37.1 Å². The number of nitrogens with one attached hydrogen (secondary N) is 1. The van der Waals surface area contributed by atoms with Crippen molar-refractivity contribution in [3.05, 3.63) is 41.7 Å². The van der Waals surface area contributed by atoms with Gasteiger partial charge in [0.15, 0.2) is 0 Å². The third-order valence-corrected chi connectivity index (χ3v) is 6.35. The van der Waals surface area contributed by atoms with E-state index in [0.717, 1.165) is 54.0 Å². The molecule has 0 saturated carbocycles. The maximum atomic E-state index is 12.8. The number of benzene rings is 1. The maximum absolute atomic E-state index is 12.8. The molecule has 0 atom stereocenters. The molecule has 2 aliphatic heterocycles. The van der Waals surface area contributed by atoms with Crippen LogP contribution in [0.4, 0.5) is 5.69 Å². The molecule has 0 aliphatic carbocycles. The Morgan fingerprint density at radius 1 is 1.13 bits per heavy atom. The van der Waals surface area contributed by atoms with Gasteiger partial charge in [0, 0.05) is 49.5 Å². The predicted octanol–water partition coefficient (Wildman–Crippen LogP) is 3.35. The number of imidazole rings is 1. The van der Waals surface area contributed by atoms with E-state index in [-0.39, 0.29) is 11.8 Å². The highest BCUT2D eigenvalue weighted by Crippen LogP contribution is 2.33. The monoisotopic (exact) mass is 425 g/mol. The fourth-order valence-electron chi connectivity index (χ4n) is 4.30. The summed E-state index contributed by atoms with van der Waals surface area (Å²) in [7, 11) is 0. The van der Waals surface area contributed by atoms with Crippen molar-refractivity contribution in [1.82, 2.24) is 19.9 Å². The predicted molar refractivity (Wildman–Crippen MR) is 117 cm³/mol. The Balaban J connectivity index is 1.31. The average molecular weight is 426 g/mol. The number of H-pyrrole nitrogens is 1. The largest absolute Gasteiger partial charge is 0.378 e. The van der Waals surface area contributed by atoms with E-state index in [4.69, 9.17) is 16.3 Å². The quantitative estimate of drug-likeness (QED) is 0.696. The summed E-state index contributed by atoms with van der Waals surface area (Å²) in [5, 5.41) is 0.656. The number of pyridine rings is 1. The van der Waals surface area contributed by atoms with Gasteiger partial charge in [-0.15, -0.1) is 0 Å². The van der Waals surface area contributed by atoms with Crippen molar-refractivity contribution in [2.75, 3.05) is 44.3 Å². The van der Waals surface area contributed by atoms with Crippen LogP contribution in [0.25, 0.3) is 22.4 Å². The second-order valence-electron chi connectivity index (χ2n) is 7.84. The van der Waals surface area contributed by atoms with Crippen molar-refractivity contribution in [2.45, 2.75) is 12.8 Å². The Kier molecular flexibility index (Phi) is 5.31. The molecule has 8 heteroatoms. The molecule has 2 aliphatic rings. The standard InChI is InChI=1S/C22H24ClN5O2/c23-18-2-1-16(13-17(18)21-25-19-3-6-24-14-20(19)26-21)27-7-4-15(5-8-27)22(29)28-9-11-30-12-10-28/h1-3,6,13-15H,4-5,7-12H2,(H,25,26). The first kappa shape index (κ1) is 19.3. The molecular weight excluding hydrogens is 402 g/mol. The topological polar surface area (TPSA) is 74.4 Å². The van der Waals surface area contributed by atoms with E-state index >= 15 is 0 Å².